The van der Waals surface area contributed by atoms with Crippen LogP contribution in [0.5, 0.6) is 5.75 Å². The molecule has 2 aromatic heterocycles. The van der Waals surface area contributed by atoms with E-state index in [0.29, 0.717) is 22.4 Å². The number of imidazole rings is 1. The van der Waals surface area contributed by atoms with Crippen LogP contribution >= 0.6 is 0 Å². The van der Waals surface area contributed by atoms with Crippen molar-refractivity contribution in [1.29, 1.82) is 0 Å². The maximum Gasteiger partial charge on any atom is 0.148 e. The van der Waals surface area contributed by atoms with E-state index in [-0.39, 0.29) is 59.9 Å². The third-order valence-electron chi connectivity index (χ3n) is 11.6. The molecule has 0 saturated carbocycles. The summed E-state index contributed by atoms with van der Waals surface area (Å²) < 4.78 is 225. The van der Waals surface area contributed by atoms with E-state index in [4.69, 9.17) is 38.8 Å². The summed E-state index contributed by atoms with van der Waals surface area (Å²) in [6, 6.07) is 20.3. The van der Waals surface area contributed by atoms with Crippen molar-refractivity contribution in [3.8, 4) is 67.5 Å². The fraction of sp³-hybridized carbons (Fsp3) is 0.323. The average molecular weight is 1090 g/mol. The van der Waals surface area contributed by atoms with Crippen LogP contribution in [0.3, 0.4) is 0 Å². The number of benzene rings is 6. The maximum atomic E-state index is 13.3. The Morgan fingerprint density at radius 1 is 0.567 bits per heavy atom. The van der Waals surface area contributed by atoms with Gasteiger partial charge in [-0.1, -0.05) is 199 Å². The number of hydrogen-bond donors (Lipinski definition) is 1. The Morgan fingerprint density at radius 3 is 1.91 bits per heavy atom. The first kappa shape index (κ1) is 26.3. The molecule has 0 fully saturated rings. The van der Waals surface area contributed by atoms with Gasteiger partial charge in [0, 0.05) is 68.8 Å². The van der Waals surface area contributed by atoms with Crippen molar-refractivity contribution in [2.45, 2.75) is 130 Å². The molecule has 0 aliphatic carbocycles. The molecule has 0 aliphatic rings. The van der Waals surface area contributed by atoms with E-state index in [1.807, 2.05) is 63.2 Å². The Bertz CT molecular complexity index is 4030. The van der Waals surface area contributed by atoms with E-state index in [0.717, 1.165) is 21.3 Å². The molecule has 0 bridgehead atoms. The minimum atomic E-state index is -4.55. The van der Waals surface area contributed by atoms with Gasteiger partial charge in [-0.2, -0.15) is 0 Å². The number of aromatic nitrogens is 3. The van der Waals surface area contributed by atoms with Gasteiger partial charge in [-0.05, 0) is 90.8 Å². The van der Waals surface area contributed by atoms with Gasteiger partial charge in [0.25, 0.3) is 0 Å². The molecule has 5 heteroatoms. The predicted molar refractivity (Wildman–Crippen MR) is 280 cm³/mol. The fourth-order valence-electron chi connectivity index (χ4n) is 8.08. The van der Waals surface area contributed by atoms with E-state index in [2.05, 4.69) is 26.8 Å². The monoisotopic (exact) mass is 1090 g/mol. The van der Waals surface area contributed by atoms with Crippen LogP contribution in [0, 0.1) is 6.07 Å². The first-order chi connectivity index (χ1) is 41.2. The van der Waals surface area contributed by atoms with Gasteiger partial charge in [0.2, 0.25) is 0 Å². The molecular weight excluding hydrogens is 998 g/mol. The topological polar surface area (TPSA) is 50.9 Å². The predicted octanol–water partition coefficient (Wildman–Crippen LogP) is 16.7. The Labute approximate surface area is 450 Å². The van der Waals surface area contributed by atoms with Gasteiger partial charge in [0.15, 0.2) is 0 Å². The summed E-state index contributed by atoms with van der Waals surface area (Å²) in [4.78, 5) is 9.83. The van der Waals surface area contributed by atoms with Gasteiger partial charge in [-0.15, -0.1) is 29.3 Å². The third kappa shape index (κ3) is 9.89. The van der Waals surface area contributed by atoms with Gasteiger partial charge in [0.1, 0.15) is 11.6 Å². The molecule has 0 radical (unpaired) electrons. The minimum absolute atomic E-state index is 0. The summed E-state index contributed by atoms with van der Waals surface area (Å²) >= 11 is 0. The van der Waals surface area contributed by atoms with Gasteiger partial charge in [-0.25, -0.2) is 4.98 Å². The largest absolute Gasteiger partial charge is 0.507 e. The van der Waals surface area contributed by atoms with Crippen LogP contribution < -0.4 is 0 Å². The van der Waals surface area contributed by atoms with Gasteiger partial charge in [0.05, 0.1) is 31.9 Å². The summed E-state index contributed by atoms with van der Waals surface area (Å²) in [5.74, 6) is -2.76. The molecule has 0 atom stereocenters. The number of nitrogens with zero attached hydrogens (tertiary/aromatic N) is 3. The number of fused-ring (bicyclic) bond motifs is 1. The molecule has 0 unspecified atom stereocenters. The van der Waals surface area contributed by atoms with Crippen LogP contribution in [0.15, 0.2) is 133 Å². The zero-order valence-electron chi connectivity index (χ0n) is 63.8. The van der Waals surface area contributed by atoms with E-state index in [1.165, 1.54) is 24.3 Å². The zero-order valence-corrected chi connectivity index (χ0v) is 41.0. The molecule has 0 spiro atoms. The average Bonchev–Trinajstić information content (AvgIpc) is 0.808. The Hall–Kier alpha value is -5.57. The quantitative estimate of drug-likeness (QED) is 0.169. The van der Waals surface area contributed by atoms with Crippen LogP contribution in [-0.2, 0) is 48.1 Å². The second-order valence-electron chi connectivity index (χ2n) is 19.8. The van der Waals surface area contributed by atoms with Crippen LogP contribution in [0.25, 0.3) is 72.7 Å². The van der Waals surface area contributed by atoms with Crippen molar-refractivity contribution < 1.29 is 60.4 Å². The second kappa shape index (κ2) is 17.8. The summed E-state index contributed by atoms with van der Waals surface area (Å²) in [5.41, 5.74) is -11.8. The molecule has 348 valence electrons. The number of aromatic hydroxyl groups is 1. The van der Waals surface area contributed by atoms with Crippen molar-refractivity contribution in [2.24, 2.45) is 0 Å². The van der Waals surface area contributed by atoms with Crippen molar-refractivity contribution in [1.82, 2.24) is 14.5 Å². The Morgan fingerprint density at radius 2 is 1.24 bits per heavy atom. The molecule has 67 heavy (non-hydrogen) atoms. The Balaban J connectivity index is 0.0000120. The Kier molecular flexibility index (Phi) is 6.98. The van der Waals surface area contributed by atoms with Crippen molar-refractivity contribution in [2.75, 3.05) is 0 Å². The number of rotatable bonds is 6. The van der Waals surface area contributed by atoms with E-state index < -0.39 is 139 Å². The minimum Gasteiger partial charge on any atom is -0.507 e. The molecule has 8 rings (SSSR count). The van der Waals surface area contributed by atoms with E-state index >= 15 is 0 Å². The summed E-state index contributed by atoms with van der Waals surface area (Å²) in [5, 5.41) is 13.3. The smallest absolute Gasteiger partial charge is 0.148 e. The van der Waals surface area contributed by atoms with Crippen molar-refractivity contribution >= 4 is 11.0 Å². The first-order valence-electron chi connectivity index (χ1n) is 34.0. The van der Waals surface area contributed by atoms with Gasteiger partial charge >= 0.3 is 0 Å². The van der Waals surface area contributed by atoms with Crippen molar-refractivity contribution in [3.05, 3.63) is 167 Å². The van der Waals surface area contributed by atoms with Gasteiger partial charge in [-0.3, -0.25) is 9.55 Å². The number of para-hydroxylation sites is 1. The molecular formula is C62H68N3OPt-. The molecule has 1 N–H and O–H groups in total. The number of phenolic OH excluding ortho intramolecular Hbond substituents is 1. The van der Waals surface area contributed by atoms with Crippen LogP contribution in [-0.4, -0.2) is 19.6 Å². The molecule has 0 amide bonds. The normalized spacial score (nSPS) is 19.2. The van der Waals surface area contributed by atoms with Crippen LogP contribution in [0.4, 0.5) is 0 Å². The zero-order chi connectivity index (χ0) is 68.8. The van der Waals surface area contributed by atoms with E-state index in [1.54, 1.807) is 45.2 Å². The van der Waals surface area contributed by atoms with E-state index in [9.17, 15) is 10.6 Å². The molecule has 8 aromatic rings. The SMILES string of the molecule is [2H]c1c([2H])c([2H])c(-c2cc(C(C)(C)C)ccc2-n2c(-c3c([2H])c(C(C([2H])([2H])[2H])(C([2H])([2H])[2H])C([2H])([2H])[2H])c([2H])c(C(C([2H])([2H])[2H])(C([2H])([2H])[2H])C([2H])([2H])[2H])c3O)nc3c(-c4[c-]c(-c5cc(-c6ccccc6C(C)(C)C)ccn5)cc(C(C)(C)C)c4)cccc32)c([2H])c1[2H].[Pt]. The molecule has 0 saturated heterocycles. The summed E-state index contributed by atoms with van der Waals surface area (Å²) in [7, 11) is 0. The summed E-state index contributed by atoms with van der Waals surface area (Å²) in [6.45, 7) is -8.98. The summed E-state index contributed by atoms with van der Waals surface area (Å²) in [6.07, 6.45) is 1.66. The molecule has 6 aromatic carbocycles. The first-order valence-corrected chi connectivity index (χ1v) is 21.5. The standard InChI is InChI=1S/C62H68N3O.Pt/c1-58(2,3)43-28-29-53(48(36-43)39-22-17-16-18-23-39)65-54-27-21-25-47(55(54)64-57(65)49-37-45(60(7,8)9)38-51(56(49)66)62(13,14)15)41-32-42(34-44(33-41)59(4,5)6)52-35-40(30-31-63-52)46-24-19-20-26-50(46)61(10,11)12;/h16-31,33-38,66H,1-15H3;/q-1;/i7D3,8D3,9D3,13D3,14D3,15D3,16D,17D,18D,22D,23D,37D,38D;. The molecule has 4 nitrogen and oxygen atoms in total. The number of pyridine rings is 1. The fourth-order valence-corrected chi connectivity index (χ4v) is 8.08. The van der Waals surface area contributed by atoms with Crippen LogP contribution in [0.1, 0.15) is 166 Å². The van der Waals surface area contributed by atoms with Crippen molar-refractivity contribution in [3.63, 3.8) is 0 Å². The third-order valence-corrected chi connectivity index (χ3v) is 11.6. The maximum absolute atomic E-state index is 13.3. The molecule has 2 heterocycles. The second-order valence-corrected chi connectivity index (χ2v) is 19.8. The van der Waals surface area contributed by atoms with Crippen LogP contribution in [0.2, 0.25) is 0 Å². The number of hydrogen-bond acceptors (Lipinski definition) is 3. The number of phenols is 1. The molecule has 0 aliphatic heterocycles. The van der Waals surface area contributed by atoms with Gasteiger partial charge < -0.3 is 5.11 Å².